The number of pyridine rings is 2. The number of hydrogen-bond acceptors (Lipinski definition) is 6. The minimum absolute atomic E-state index is 0.366. The molecule has 7 heteroatoms. The van der Waals surface area contributed by atoms with E-state index in [9.17, 15) is 4.79 Å². The molecule has 0 aliphatic carbocycles. The van der Waals surface area contributed by atoms with Crippen molar-refractivity contribution in [2.45, 2.75) is 6.92 Å². The Hall–Kier alpha value is -3.19. The van der Waals surface area contributed by atoms with E-state index in [-0.39, 0.29) is 0 Å². The number of rotatable bonds is 2. The summed E-state index contributed by atoms with van der Waals surface area (Å²) >= 11 is 0. The highest BCUT2D eigenvalue weighted by molar-refractivity contribution is 5.80. The summed E-state index contributed by atoms with van der Waals surface area (Å²) in [4.78, 5) is 26.3. The van der Waals surface area contributed by atoms with Crippen molar-refractivity contribution in [3.63, 3.8) is 0 Å². The zero-order valence-electron chi connectivity index (χ0n) is 15.9. The van der Waals surface area contributed by atoms with Crippen LogP contribution in [0, 0.1) is 6.92 Å². The molecule has 28 heavy (non-hydrogen) atoms. The van der Waals surface area contributed by atoms with E-state index in [1.807, 2.05) is 54.0 Å². The highest BCUT2D eigenvalue weighted by Crippen LogP contribution is 2.23. The Balaban J connectivity index is 1.55. The fourth-order valence-corrected chi connectivity index (χ4v) is 3.61. The third-order valence-electron chi connectivity index (χ3n) is 5.29. The molecule has 0 atom stereocenters. The minimum atomic E-state index is -0.421. The molecule has 4 aromatic rings. The maximum absolute atomic E-state index is 12.6. The molecule has 5 rings (SSSR count). The molecule has 0 N–H and O–H groups in total. The number of hydrogen-bond donors (Lipinski definition) is 0. The van der Waals surface area contributed by atoms with Crippen LogP contribution in [0.25, 0.3) is 28.0 Å². The number of aryl methyl sites for hydroxylation is 1. The van der Waals surface area contributed by atoms with Gasteiger partial charge in [0, 0.05) is 44.0 Å². The first kappa shape index (κ1) is 16.9. The van der Waals surface area contributed by atoms with Crippen LogP contribution in [-0.2, 0) is 0 Å². The van der Waals surface area contributed by atoms with Crippen LogP contribution in [0.4, 0.5) is 5.82 Å². The van der Waals surface area contributed by atoms with Gasteiger partial charge in [0.15, 0.2) is 0 Å². The van der Waals surface area contributed by atoms with Crippen LogP contribution in [0.2, 0.25) is 0 Å². The van der Waals surface area contributed by atoms with Crippen LogP contribution in [0.1, 0.15) is 5.56 Å². The van der Waals surface area contributed by atoms with Gasteiger partial charge >= 0.3 is 5.63 Å². The summed E-state index contributed by atoms with van der Waals surface area (Å²) in [5.74, 6) is 0.847. The van der Waals surface area contributed by atoms with Gasteiger partial charge < -0.3 is 18.6 Å². The molecule has 0 bridgehead atoms. The predicted molar refractivity (Wildman–Crippen MR) is 109 cm³/mol. The van der Waals surface area contributed by atoms with E-state index in [2.05, 4.69) is 26.8 Å². The third kappa shape index (κ3) is 2.93. The summed E-state index contributed by atoms with van der Waals surface area (Å²) < 4.78 is 7.49. The summed E-state index contributed by atoms with van der Waals surface area (Å²) in [6.07, 6.45) is 3.84. The van der Waals surface area contributed by atoms with E-state index in [1.54, 1.807) is 0 Å². The second kappa shape index (κ2) is 6.45. The van der Waals surface area contributed by atoms with E-state index >= 15 is 0 Å². The van der Waals surface area contributed by atoms with Crippen molar-refractivity contribution in [3.05, 3.63) is 58.7 Å². The van der Waals surface area contributed by atoms with Crippen LogP contribution in [0.3, 0.4) is 0 Å². The molecule has 4 aromatic heterocycles. The molecule has 0 radical (unpaired) electrons. The van der Waals surface area contributed by atoms with E-state index in [4.69, 9.17) is 4.42 Å². The number of nitrogens with zero attached hydrogens (tertiary/aromatic N) is 5. The molecule has 0 saturated carbocycles. The molecule has 0 spiro atoms. The lowest BCUT2D eigenvalue weighted by Crippen LogP contribution is -2.44. The minimum Gasteiger partial charge on any atom is -0.403 e. The molecule has 142 valence electrons. The predicted octanol–water partition coefficient (Wildman–Crippen LogP) is 2.56. The normalized spacial score (nSPS) is 15.6. The van der Waals surface area contributed by atoms with Gasteiger partial charge in [0.1, 0.15) is 11.5 Å². The van der Waals surface area contributed by atoms with Crippen LogP contribution in [0.15, 0.2) is 51.9 Å². The molecular formula is C21H21N5O2. The Labute approximate surface area is 161 Å². The standard InChI is InChI=1S/C21H21N5O2/c1-14-3-5-18-22-17(13-26(18)12-14)16-11-15-4-6-19(23-20(15)28-21(16)27)25-9-7-24(2)8-10-25/h3-6,11-13H,7-10H2,1-2H3. The van der Waals surface area contributed by atoms with E-state index in [1.165, 1.54) is 0 Å². The van der Waals surface area contributed by atoms with Crippen molar-refractivity contribution >= 4 is 22.6 Å². The topological polar surface area (TPSA) is 66.9 Å². The number of fused-ring (bicyclic) bond motifs is 2. The lowest BCUT2D eigenvalue weighted by molar-refractivity contribution is 0.312. The van der Waals surface area contributed by atoms with E-state index in [0.717, 1.165) is 48.6 Å². The van der Waals surface area contributed by atoms with Crippen LogP contribution in [-0.4, -0.2) is 52.5 Å². The summed E-state index contributed by atoms with van der Waals surface area (Å²) in [6.45, 7) is 5.84. The van der Waals surface area contributed by atoms with Crippen LogP contribution >= 0.6 is 0 Å². The third-order valence-corrected chi connectivity index (χ3v) is 5.29. The number of anilines is 1. The Kier molecular flexibility index (Phi) is 3.91. The van der Waals surface area contributed by atoms with Crippen LogP contribution in [0.5, 0.6) is 0 Å². The highest BCUT2D eigenvalue weighted by Gasteiger charge is 2.17. The van der Waals surface area contributed by atoms with Gasteiger partial charge in [-0.05, 0) is 43.8 Å². The molecule has 7 nitrogen and oxygen atoms in total. The zero-order chi connectivity index (χ0) is 19.3. The van der Waals surface area contributed by atoms with Gasteiger partial charge in [-0.3, -0.25) is 0 Å². The SMILES string of the molecule is Cc1ccc2nc(-c3cc4ccc(N5CCN(C)CC5)nc4oc3=O)cn2c1. The first-order valence-electron chi connectivity index (χ1n) is 9.41. The summed E-state index contributed by atoms with van der Waals surface area (Å²) in [6, 6.07) is 9.70. The summed E-state index contributed by atoms with van der Waals surface area (Å²) in [5, 5.41) is 0.792. The molecule has 1 saturated heterocycles. The van der Waals surface area contributed by atoms with Gasteiger partial charge in [-0.1, -0.05) is 6.07 Å². The maximum Gasteiger partial charge on any atom is 0.347 e. The molecule has 5 heterocycles. The molecule has 1 aliphatic rings. The Morgan fingerprint density at radius 2 is 1.82 bits per heavy atom. The quantitative estimate of drug-likeness (QED) is 0.536. The van der Waals surface area contributed by atoms with Gasteiger partial charge in [-0.15, -0.1) is 0 Å². The second-order valence-corrected chi connectivity index (χ2v) is 7.40. The van der Waals surface area contributed by atoms with Crippen molar-refractivity contribution in [3.8, 4) is 11.3 Å². The average molecular weight is 375 g/mol. The van der Waals surface area contributed by atoms with Crippen molar-refractivity contribution in [2.24, 2.45) is 0 Å². The van der Waals surface area contributed by atoms with Crippen LogP contribution < -0.4 is 10.5 Å². The van der Waals surface area contributed by atoms with Gasteiger partial charge in [-0.2, -0.15) is 4.98 Å². The average Bonchev–Trinajstić information content (AvgIpc) is 3.10. The van der Waals surface area contributed by atoms with E-state index in [0.29, 0.717) is 17.0 Å². The number of aromatic nitrogens is 3. The first-order chi connectivity index (χ1) is 13.6. The molecule has 1 fully saturated rings. The van der Waals surface area contributed by atoms with Crippen molar-refractivity contribution in [1.29, 1.82) is 0 Å². The number of imidazole rings is 1. The number of piperazine rings is 1. The Bertz CT molecular complexity index is 1230. The van der Waals surface area contributed by atoms with Gasteiger partial charge in [0.25, 0.3) is 0 Å². The Morgan fingerprint density at radius 3 is 2.64 bits per heavy atom. The zero-order valence-corrected chi connectivity index (χ0v) is 15.9. The van der Waals surface area contributed by atoms with Gasteiger partial charge in [0.05, 0.1) is 11.3 Å². The molecule has 0 aromatic carbocycles. The largest absolute Gasteiger partial charge is 0.403 e. The van der Waals surface area contributed by atoms with Crippen molar-refractivity contribution in [2.75, 3.05) is 38.1 Å². The van der Waals surface area contributed by atoms with Crippen molar-refractivity contribution in [1.82, 2.24) is 19.3 Å². The molecule has 1 aliphatic heterocycles. The molecule has 0 amide bonds. The fourth-order valence-electron chi connectivity index (χ4n) is 3.61. The fraction of sp³-hybridized carbons (Fsp3) is 0.286. The highest BCUT2D eigenvalue weighted by atomic mass is 16.4. The number of likely N-dealkylation sites (N-methyl/N-ethyl adjacent to an activating group) is 1. The Morgan fingerprint density at radius 1 is 1.00 bits per heavy atom. The molecular weight excluding hydrogens is 354 g/mol. The maximum atomic E-state index is 12.6. The monoisotopic (exact) mass is 375 g/mol. The van der Waals surface area contributed by atoms with Crippen molar-refractivity contribution < 1.29 is 4.42 Å². The van der Waals surface area contributed by atoms with Gasteiger partial charge in [-0.25, -0.2) is 9.78 Å². The lowest BCUT2D eigenvalue weighted by Gasteiger charge is -2.33. The smallest absolute Gasteiger partial charge is 0.347 e. The second-order valence-electron chi connectivity index (χ2n) is 7.40. The molecule has 0 unspecified atom stereocenters. The lowest BCUT2D eigenvalue weighted by atomic mass is 10.2. The summed E-state index contributed by atoms with van der Waals surface area (Å²) in [5.41, 5.74) is 2.92. The summed E-state index contributed by atoms with van der Waals surface area (Å²) in [7, 11) is 2.12. The first-order valence-corrected chi connectivity index (χ1v) is 9.41. The van der Waals surface area contributed by atoms with E-state index < -0.39 is 5.63 Å². The van der Waals surface area contributed by atoms with Gasteiger partial charge in [0.2, 0.25) is 5.71 Å².